The topological polar surface area (TPSA) is 98.0 Å². The van der Waals surface area contributed by atoms with Gasteiger partial charge in [-0.15, -0.1) is 0 Å². The second-order valence-electron chi connectivity index (χ2n) is 5.59. The van der Waals surface area contributed by atoms with Gasteiger partial charge in [0.2, 0.25) is 5.91 Å². The number of nitrogens with one attached hydrogen (secondary N) is 1. The molecule has 7 nitrogen and oxygen atoms in total. The molecule has 0 saturated heterocycles. The van der Waals surface area contributed by atoms with E-state index in [0.29, 0.717) is 12.5 Å². The molecule has 0 aliphatic heterocycles. The zero-order valence-corrected chi connectivity index (χ0v) is 12.4. The normalized spacial score (nSPS) is 13.6. The quantitative estimate of drug-likeness (QED) is 0.651. The Kier molecular flexibility index (Phi) is 4.27. The first-order chi connectivity index (χ1) is 11.1. The molecule has 0 atom stereocenters. The van der Waals surface area contributed by atoms with Gasteiger partial charge >= 0.3 is 0 Å². The van der Waals surface area contributed by atoms with Gasteiger partial charge in [0.05, 0.1) is 23.6 Å². The summed E-state index contributed by atoms with van der Waals surface area (Å²) in [5, 5.41) is 13.4. The monoisotopic (exact) mass is 312 g/mol. The van der Waals surface area contributed by atoms with Crippen molar-refractivity contribution in [3.8, 4) is 0 Å². The molecule has 1 heterocycles. The standard InChI is InChI=1S/C16H16N4O3/c21-16(7-11-1-5-14(6-2-11)20(22)23)17-9-13-8-15(12-3-4-12)19-10-18-13/h1-2,5-6,8,10,12H,3-4,7,9H2,(H,17,21). The van der Waals surface area contributed by atoms with Gasteiger partial charge in [0.15, 0.2) is 0 Å². The lowest BCUT2D eigenvalue weighted by Gasteiger charge is -2.06. The third kappa shape index (κ3) is 4.09. The van der Waals surface area contributed by atoms with Crippen molar-refractivity contribution >= 4 is 11.6 Å². The van der Waals surface area contributed by atoms with E-state index in [0.717, 1.165) is 17.0 Å². The third-order valence-corrected chi connectivity index (χ3v) is 3.72. The minimum atomic E-state index is -0.462. The molecule has 0 unspecified atom stereocenters. The van der Waals surface area contributed by atoms with Crippen molar-refractivity contribution in [3.63, 3.8) is 0 Å². The van der Waals surface area contributed by atoms with Gasteiger partial charge in [-0.2, -0.15) is 0 Å². The number of carbonyl (C=O) groups is 1. The van der Waals surface area contributed by atoms with Gasteiger partial charge < -0.3 is 5.32 Å². The average Bonchev–Trinajstić information content (AvgIpc) is 3.39. The first-order valence-corrected chi connectivity index (χ1v) is 7.42. The predicted octanol–water partition coefficient (Wildman–Crippen LogP) is 2.12. The van der Waals surface area contributed by atoms with Crippen LogP contribution in [-0.2, 0) is 17.8 Å². The molecule has 23 heavy (non-hydrogen) atoms. The summed E-state index contributed by atoms with van der Waals surface area (Å²) in [7, 11) is 0. The van der Waals surface area contributed by atoms with Crippen molar-refractivity contribution in [3.05, 3.63) is 63.7 Å². The number of hydrogen-bond donors (Lipinski definition) is 1. The molecule has 1 saturated carbocycles. The zero-order chi connectivity index (χ0) is 16.2. The van der Waals surface area contributed by atoms with E-state index in [9.17, 15) is 14.9 Å². The molecule has 2 aromatic rings. The minimum absolute atomic E-state index is 0.0164. The number of nitro benzene ring substituents is 1. The van der Waals surface area contributed by atoms with E-state index in [2.05, 4.69) is 15.3 Å². The van der Waals surface area contributed by atoms with Gasteiger partial charge in [0, 0.05) is 23.7 Å². The minimum Gasteiger partial charge on any atom is -0.350 e. The first-order valence-electron chi connectivity index (χ1n) is 7.42. The van der Waals surface area contributed by atoms with E-state index < -0.39 is 4.92 Å². The van der Waals surface area contributed by atoms with Gasteiger partial charge in [-0.1, -0.05) is 12.1 Å². The summed E-state index contributed by atoms with van der Waals surface area (Å²) in [4.78, 5) is 30.5. The number of nitro groups is 1. The number of carbonyl (C=O) groups excluding carboxylic acids is 1. The fraction of sp³-hybridized carbons (Fsp3) is 0.312. The van der Waals surface area contributed by atoms with E-state index in [-0.39, 0.29) is 18.0 Å². The Hall–Kier alpha value is -2.83. The van der Waals surface area contributed by atoms with Crippen LogP contribution in [0.5, 0.6) is 0 Å². The summed E-state index contributed by atoms with van der Waals surface area (Å²) in [6.07, 6.45) is 4.05. The maximum absolute atomic E-state index is 11.9. The van der Waals surface area contributed by atoms with E-state index in [1.54, 1.807) is 12.1 Å². The van der Waals surface area contributed by atoms with Crippen molar-refractivity contribution in [2.45, 2.75) is 31.7 Å². The smallest absolute Gasteiger partial charge is 0.269 e. The van der Waals surface area contributed by atoms with Crippen LogP contribution in [0.2, 0.25) is 0 Å². The lowest BCUT2D eigenvalue weighted by molar-refractivity contribution is -0.384. The zero-order valence-electron chi connectivity index (χ0n) is 12.4. The number of rotatable bonds is 6. The molecule has 7 heteroatoms. The fourth-order valence-electron chi connectivity index (χ4n) is 2.29. The Balaban J connectivity index is 1.53. The molecular weight excluding hydrogens is 296 g/mol. The van der Waals surface area contributed by atoms with Gasteiger partial charge in [-0.3, -0.25) is 14.9 Å². The maximum Gasteiger partial charge on any atom is 0.269 e. The molecule has 0 radical (unpaired) electrons. The fourth-order valence-corrected chi connectivity index (χ4v) is 2.29. The molecule has 1 N–H and O–H groups in total. The molecule has 1 aromatic heterocycles. The SMILES string of the molecule is O=C(Cc1ccc([N+](=O)[O-])cc1)NCc1cc(C2CC2)ncn1. The second kappa shape index (κ2) is 6.51. The molecule has 1 aliphatic rings. The Morgan fingerprint density at radius 1 is 1.26 bits per heavy atom. The number of amides is 1. The van der Waals surface area contributed by atoms with Crippen molar-refractivity contribution in [1.29, 1.82) is 0 Å². The molecule has 3 rings (SSSR count). The summed E-state index contributed by atoms with van der Waals surface area (Å²) < 4.78 is 0. The van der Waals surface area contributed by atoms with Gasteiger partial charge in [0.1, 0.15) is 6.33 Å². The van der Waals surface area contributed by atoms with Gasteiger partial charge in [-0.25, -0.2) is 9.97 Å². The van der Waals surface area contributed by atoms with Crippen LogP contribution in [0, 0.1) is 10.1 Å². The lowest BCUT2D eigenvalue weighted by atomic mass is 10.1. The highest BCUT2D eigenvalue weighted by molar-refractivity contribution is 5.78. The van der Waals surface area contributed by atoms with Crippen molar-refractivity contribution in [2.24, 2.45) is 0 Å². The molecular formula is C16H16N4O3. The van der Waals surface area contributed by atoms with Crippen LogP contribution >= 0.6 is 0 Å². The van der Waals surface area contributed by atoms with Crippen LogP contribution in [0.4, 0.5) is 5.69 Å². The Morgan fingerprint density at radius 2 is 2.00 bits per heavy atom. The predicted molar refractivity (Wildman–Crippen MR) is 82.7 cm³/mol. The summed E-state index contributed by atoms with van der Waals surface area (Å²) in [6.45, 7) is 0.355. The van der Waals surface area contributed by atoms with Crippen LogP contribution in [0.1, 0.15) is 35.7 Å². The summed E-state index contributed by atoms with van der Waals surface area (Å²) in [5.74, 6) is 0.401. The molecule has 1 amide bonds. The van der Waals surface area contributed by atoms with E-state index in [1.807, 2.05) is 6.07 Å². The van der Waals surface area contributed by atoms with Crippen LogP contribution < -0.4 is 5.32 Å². The highest BCUT2D eigenvalue weighted by Gasteiger charge is 2.25. The molecule has 0 bridgehead atoms. The summed E-state index contributed by atoms with van der Waals surface area (Å²) >= 11 is 0. The molecule has 1 aromatic carbocycles. The Labute approximate surface area is 132 Å². The average molecular weight is 312 g/mol. The number of nitrogens with zero attached hydrogens (tertiary/aromatic N) is 3. The van der Waals surface area contributed by atoms with E-state index >= 15 is 0 Å². The van der Waals surface area contributed by atoms with Crippen LogP contribution in [0.25, 0.3) is 0 Å². The number of non-ortho nitro benzene ring substituents is 1. The van der Waals surface area contributed by atoms with Crippen LogP contribution in [0.3, 0.4) is 0 Å². The summed E-state index contributed by atoms with van der Waals surface area (Å²) in [6, 6.07) is 7.91. The largest absolute Gasteiger partial charge is 0.350 e. The Bertz CT molecular complexity index is 726. The number of hydrogen-bond acceptors (Lipinski definition) is 5. The van der Waals surface area contributed by atoms with E-state index in [1.165, 1.54) is 31.3 Å². The maximum atomic E-state index is 11.9. The molecule has 0 spiro atoms. The highest BCUT2D eigenvalue weighted by Crippen LogP contribution is 2.38. The molecule has 1 fully saturated rings. The Morgan fingerprint density at radius 3 is 2.65 bits per heavy atom. The van der Waals surface area contributed by atoms with Gasteiger partial charge in [0.25, 0.3) is 5.69 Å². The molecule has 1 aliphatic carbocycles. The van der Waals surface area contributed by atoms with Crippen LogP contribution in [-0.4, -0.2) is 20.8 Å². The second-order valence-corrected chi connectivity index (χ2v) is 5.59. The lowest BCUT2D eigenvalue weighted by Crippen LogP contribution is -2.25. The highest BCUT2D eigenvalue weighted by atomic mass is 16.6. The first kappa shape index (κ1) is 15.1. The van der Waals surface area contributed by atoms with Crippen molar-refractivity contribution < 1.29 is 9.72 Å². The van der Waals surface area contributed by atoms with Crippen LogP contribution in [0.15, 0.2) is 36.7 Å². The summed E-state index contributed by atoms with van der Waals surface area (Å²) in [5.41, 5.74) is 2.58. The number of benzene rings is 1. The van der Waals surface area contributed by atoms with Crippen molar-refractivity contribution in [1.82, 2.24) is 15.3 Å². The number of aromatic nitrogens is 2. The van der Waals surface area contributed by atoms with E-state index in [4.69, 9.17) is 0 Å². The molecule has 118 valence electrons. The van der Waals surface area contributed by atoms with Crippen molar-refractivity contribution in [2.75, 3.05) is 0 Å². The third-order valence-electron chi connectivity index (χ3n) is 3.72. The van der Waals surface area contributed by atoms with Gasteiger partial charge in [-0.05, 0) is 24.5 Å².